The van der Waals surface area contributed by atoms with Crippen molar-refractivity contribution < 1.29 is 9.90 Å². The van der Waals surface area contributed by atoms with Crippen molar-refractivity contribution in [2.45, 2.75) is 59.8 Å². The lowest BCUT2D eigenvalue weighted by molar-refractivity contribution is -0.142. The number of aryl methyl sites for hydroxylation is 1. The fraction of sp³-hybridized carbons (Fsp3) is 0.750. The number of H-pyrrole nitrogens is 1. The first-order chi connectivity index (χ1) is 9.24. The molecule has 1 heterocycles. The molecule has 0 aliphatic heterocycles. The van der Waals surface area contributed by atoms with E-state index < -0.39 is 5.97 Å². The molecule has 2 N–H and O–H groups in total. The minimum Gasteiger partial charge on any atom is -0.481 e. The Morgan fingerprint density at radius 2 is 2.20 bits per heavy atom. The molecule has 1 aliphatic rings. The molecule has 0 saturated heterocycles. The lowest BCUT2D eigenvalue weighted by Crippen LogP contribution is -2.22. The maximum absolute atomic E-state index is 11.1. The molecule has 4 heteroatoms. The van der Waals surface area contributed by atoms with Crippen LogP contribution in [0.5, 0.6) is 0 Å². The van der Waals surface area contributed by atoms with Crippen LogP contribution in [0.3, 0.4) is 0 Å². The van der Waals surface area contributed by atoms with E-state index in [1.165, 1.54) is 0 Å². The van der Waals surface area contributed by atoms with Gasteiger partial charge in [0, 0.05) is 18.5 Å². The van der Waals surface area contributed by atoms with Gasteiger partial charge in [-0.05, 0) is 30.6 Å². The summed E-state index contributed by atoms with van der Waals surface area (Å²) >= 11 is 0. The second-order valence-corrected chi connectivity index (χ2v) is 7.46. The van der Waals surface area contributed by atoms with Crippen molar-refractivity contribution >= 4 is 5.97 Å². The van der Waals surface area contributed by atoms with Crippen molar-refractivity contribution in [1.29, 1.82) is 0 Å². The summed E-state index contributed by atoms with van der Waals surface area (Å²) in [6.07, 6.45) is 4.21. The van der Waals surface area contributed by atoms with Crippen LogP contribution < -0.4 is 0 Å². The van der Waals surface area contributed by atoms with Crippen LogP contribution >= 0.6 is 0 Å². The van der Waals surface area contributed by atoms with Crippen molar-refractivity contribution in [3.63, 3.8) is 0 Å². The van der Waals surface area contributed by atoms with Gasteiger partial charge in [0.15, 0.2) is 0 Å². The monoisotopic (exact) mass is 278 g/mol. The molecule has 0 aromatic carbocycles. The van der Waals surface area contributed by atoms with Crippen LogP contribution in [0.15, 0.2) is 0 Å². The van der Waals surface area contributed by atoms with Gasteiger partial charge in [-0.2, -0.15) is 0 Å². The zero-order valence-electron chi connectivity index (χ0n) is 13.0. The predicted molar refractivity (Wildman–Crippen MR) is 78.7 cm³/mol. The molecular formula is C16H26N2O2. The molecule has 112 valence electrons. The van der Waals surface area contributed by atoms with Crippen molar-refractivity contribution in [2.24, 2.45) is 17.3 Å². The largest absolute Gasteiger partial charge is 0.481 e. The molecule has 2 atom stereocenters. The standard InChI is InChI=1S/C16H26N2O2/c1-10(9-16(2,3)4)7-14-17-12-6-5-11(15(19)20)8-13(12)18-14/h10-11H,5-9H2,1-4H3,(H,17,18)(H,19,20). The Labute approximate surface area is 121 Å². The van der Waals surface area contributed by atoms with Crippen molar-refractivity contribution in [1.82, 2.24) is 9.97 Å². The first-order valence-corrected chi connectivity index (χ1v) is 7.54. The summed E-state index contributed by atoms with van der Waals surface area (Å²) in [6.45, 7) is 9.03. The number of aliphatic carboxylic acids is 1. The number of aromatic nitrogens is 2. The minimum absolute atomic E-state index is 0.247. The predicted octanol–water partition coefficient (Wildman–Crippen LogP) is 3.21. The van der Waals surface area contributed by atoms with E-state index in [9.17, 15) is 4.79 Å². The lowest BCUT2D eigenvalue weighted by atomic mass is 9.84. The molecular weight excluding hydrogens is 252 g/mol. The summed E-state index contributed by atoms with van der Waals surface area (Å²) in [5.41, 5.74) is 2.46. The van der Waals surface area contributed by atoms with Crippen LogP contribution in [0.1, 0.15) is 57.7 Å². The van der Waals surface area contributed by atoms with Gasteiger partial charge in [-0.25, -0.2) is 4.98 Å². The molecule has 4 nitrogen and oxygen atoms in total. The molecule has 0 spiro atoms. The summed E-state index contributed by atoms with van der Waals surface area (Å²) in [7, 11) is 0. The Hall–Kier alpha value is -1.32. The molecule has 1 aromatic rings. The zero-order chi connectivity index (χ0) is 14.9. The van der Waals surface area contributed by atoms with Crippen LogP contribution in [0.25, 0.3) is 0 Å². The van der Waals surface area contributed by atoms with Gasteiger partial charge in [-0.3, -0.25) is 4.79 Å². The fourth-order valence-corrected chi connectivity index (χ4v) is 3.29. The highest BCUT2D eigenvalue weighted by atomic mass is 16.4. The van der Waals surface area contributed by atoms with E-state index in [1.807, 2.05) is 0 Å². The Kier molecular flexibility index (Phi) is 4.21. The highest BCUT2D eigenvalue weighted by molar-refractivity contribution is 5.70. The number of aromatic amines is 1. The Balaban J connectivity index is 2.01. The maximum atomic E-state index is 11.1. The quantitative estimate of drug-likeness (QED) is 0.888. The van der Waals surface area contributed by atoms with Gasteiger partial charge in [0.05, 0.1) is 11.6 Å². The van der Waals surface area contributed by atoms with Gasteiger partial charge in [0.2, 0.25) is 0 Å². The molecule has 20 heavy (non-hydrogen) atoms. The summed E-state index contributed by atoms with van der Waals surface area (Å²) in [6, 6.07) is 0. The maximum Gasteiger partial charge on any atom is 0.306 e. The topological polar surface area (TPSA) is 66.0 Å². The summed E-state index contributed by atoms with van der Waals surface area (Å²) in [4.78, 5) is 19.1. The van der Waals surface area contributed by atoms with E-state index in [-0.39, 0.29) is 5.92 Å². The molecule has 2 rings (SSSR count). The zero-order valence-corrected chi connectivity index (χ0v) is 13.0. The molecule has 1 aromatic heterocycles. The molecule has 0 bridgehead atoms. The number of carboxylic acid groups (broad SMARTS) is 1. The van der Waals surface area contributed by atoms with Crippen molar-refractivity contribution in [2.75, 3.05) is 0 Å². The number of carboxylic acids is 1. The number of rotatable bonds is 4. The van der Waals surface area contributed by atoms with E-state index in [0.717, 1.165) is 36.5 Å². The fourth-order valence-electron chi connectivity index (χ4n) is 3.29. The molecule has 1 aliphatic carbocycles. The molecule has 2 unspecified atom stereocenters. The van der Waals surface area contributed by atoms with Crippen molar-refractivity contribution in [3.05, 3.63) is 17.2 Å². The van der Waals surface area contributed by atoms with Crippen LogP contribution in [-0.2, 0) is 24.1 Å². The number of nitrogens with one attached hydrogen (secondary N) is 1. The minimum atomic E-state index is -0.687. The third-order valence-electron chi connectivity index (χ3n) is 3.95. The van der Waals surface area contributed by atoms with Gasteiger partial charge in [-0.15, -0.1) is 0 Å². The summed E-state index contributed by atoms with van der Waals surface area (Å²) in [5, 5.41) is 9.11. The summed E-state index contributed by atoms with van der Waals surface area (Å²) in [5.74, 6) is 0.673. The average Bonchev–Trinajstić information content (AvgIpc) is 2.66. The average molecular weight is 278 g/mol. The number of hydrogen-bond acceptors (Lipinski definition) is 2. The van der Waals surface area contributed by atoms with Crippen LogP contribution in [0, 0.1) is 17.3 Å². The SMILES string of the molecule is CC(Cc1nc2c([nH]1)CC(C(=O)O)CC2)CC(C)(C)C. The van der Waals surface area contributed by atoms with Gasteiger partial charge < -0.3 is 10.1 Å². The number of imidazole rings is 1. The highest BCUT2D eigenvalue weighted by Crippen LogP contribution is 2.28. The third-order valence-corrected chi connectivity index (χ3v) is 3.95. The van der Waals surface area contributed by atoms with Gasteiger partial charge >= 0.3 is 5.97 Å². The second kappa shape index (κ2) is 5.58. The number of nitrogens with zero attached hydrogens (tertiary/aromatic N) is 1. The molecule has 0 radical (unpaired) electrons. The molecule has 0 amide bonds. The van der Waals surface area contributed by atoms with Gasteiger partial charge in [0.1, 0.15) is 5.82 Å². The van der Waals surface area contributed by atoms with Crippen LogP contribution in [0.2, 0.25) is 0 Å². The number of fused-ring (bicyclic) bond motifs is 1. The molecule has 0 fully saturated rings. The Bertz CT molecular complexity index is 485. The van der Waals surface area contributed by atoms with Gasteiger partial charge in [-0.1, -0.05) is 27.7 Å². The lowest BCUT2D eigenvalue weighted by Gasteiger charge is -2.22. The highest BCUT2D eigenvalue weighted by Gasteiger charge is 2.27. The third kappa shape index (κ3) is 3.84. The van der Waals surface area contributed by atoms with E-state index >= 15 is 0 Å². The van der Waals surface area contributed by atoms with Crippen LogP contribution in [-0.4, -0.2) is 21.0 Å². The van der Waals surface area contributed by atoms with Gasteiger partial charge in [0.25, 0.3) is 0 Å². The number of carbonyl (C=O) groups is 1. The Morgan fingerprint density at radius 1 is 1.50 bits per heavy atom. The molecule has 0 saturated carbocycles. The van der Waals surface area contributed by atoms with E-state index in [2.05, 4.69) is 37.7 Å². The first kappa shape index (κ1) is 15.1. The smallest absolute Gasteiger partial charge is 0.306 e. The van der Waals surface area contributed by atoms with Crippen molar-refractivity contribution in [3.8, 4) is 0 Å². The number of hydrogen-bond donors (Lipinski definition) is 2. The van der Waals surface area contributed by atoms with Crippen LogP contribution in [0.4, 0.5) is 0 Å². The normalized spacial score (nSPS) is 20.5. The summed E-state index contributed by atoms with van der Waals surface area (Å²) < 4.78 is 0. The second-order valence-electron chi connectivity index (χ2n) is 7.46. The van der Waals surface area contributed by atoms with E-state index in [0.29, 0.717) is 24.2 Å². The van der Waals surface area contributed by atoms with E-state index in [4.69, 9.17) is 5.11 Å². The van der Waals surface area contributed by atoms with E-state index in [1.54, 1.807) is 0 Å². The Morgan fingerprint density at radius 3 is 2.80 bits per heavy atom. The first-order valence-electron chi connectivity index (χ1n) is 7.54.